The largest absolute Gasteiger partial charge is 0.485 e. The summed E-state index contributed by atoms with van der Waals surface area (Å²) in [4.78, 5) is 12.5. The Morgan fingerprint density at radius 2 is 1.89 bits per heavy atom. The number of fused-ring (bicyclic) bond motifs is 1. The monoisotopic (exact) mass is 376 g/mol. The van der Waals surface area contributed by atoms with Gasteiger partial charge in [0.15, 0.2) is 11.4 Å². The van der Waals surface area contributed by atoms with E-state index >= 15 is 0 Å². The van der Waals surface area contributed by atoms with Crippen LogP contribution in [0.15, 0.2) is 53.1 Å². The van der Waals surface area contributed by atoms with Crippen molar-refractivity contribution < 1.29 is 13.9 Å². The molecule has 0 saturated heterocycles. The highest BCUT2D eigenvalue weighted by molar-refractivity contribution is 6.01. The third kappa shape index (κ3) is 3.59. The van der Waals surface area contributed by atoms with Crippen LogP contribution in [-0.4, -0.2) is 20.5 Å². The number of carbonyl (C=O) groups is 1. The predicted molar refractivity (Wildman–Crippen MR) is 105 cm³/mol. The Morgan fingerprint density at radius 3 is 2.71 bits per heavy atom. The van der Waals surface area contributed by atoms with E-state index in [2.05, 4.69) is 21.6 Å². The third-order valence-electron chi connectivity index (χ3n) is 4.38. The normalized spacial score (nSPS) is 11.0. The first-order chi connectivity index (χ1) is 13.5. The number of amides is 1. The highest BCUT2D eigenvalue weighted by Gasteiger charge is 2.15. The molecule has 1 N–H and O–H groups in total. The molecule has 0 aliphatic carbocycles. The van der Waals surface area contributed by atoms with Gasteiger partial charge in [-0.2, -0.15) is 0 Å². The summed E-state index contributed by atoms with van der Waals surface area (Å²) in [6.07, 6.45) is 1.81. The van der Waals surface area contributed by atoms with Gasteiger partial charge in [-0.25, -0.2) is 0 Å². The zero-order chi connectivity index (χ0) is 19.7. The first-order valence-corrected chi connectivity index (χ1v) is 8.91. The zero-order valence-corrected chi connectivity index (χ0v) is 15.9. The number of nitrogens with zero attached hydrogens (tertiary/aromatic N) is 3. The van der Waals surface area contributed by atoms with Crippen LogP contribution in [0.5, 0.6) is 5.75 Å². The molecule has 7 nitrogen and oxygen atoms in total. The van der Waals surface area contributed by atoms with Crippen LogP contribution in [0.4, 0.5) is 5.95 Å². The van der Waals surface area contributed by atoms with Gasteiger partial charge in [-0.1, -0.05) is 17.7 Å². The van der Waals surface area contributed by atoms with Gasteiger partial charge in [-0.05, 0) is 62.2 Å². The predicted octanol–water partition coefficient (Wildman–Crippen LogP) is 4.08. The van der Waals surface area contributed by atoms with Crippen LogP contribution in [0.3, 0.4) is 0 Å². The summed E-state index contributed by atoms with van der Waals surface area (Å²) in [6.45, 7) is 6.24. The number of rotatable bonds is 5. The lowest BCUT2D eigenvalue weighted by molar-refractivity contribution is 0.0991. The van der Waals surface area contributed by atoms with Crippen LogP contribution >= 0.6 is 0 Å². The quantitative estimate of drug-likeness (QED) is 0.568. The fourth-order valence-corrected chi connectivity index (χ4v) is 2.93. The lowest BCUT2D eigenvalue weighted by atomic mass is 10.1. The number of anilines is 1. The van der Waals surface area contributed by atoms with E-state index in [4.69, 9.17) is 9.15 Å². The third-order valence-corrected chi connectivity index (χ3v) is 4.38. The van der Waals surface area contributed by atoms with E-state index in [1.165, 1.54) is 5.56 Å². The number of benzene rings is 1. The molecule has 4 aromatic rings. The average molecular weight is 376 g/mol. The molecule has 0 aliphatic heterocycles. The maximum absolute atomic E-state index is 12.5. The summed E-state index contributed by atoms with van der Waals surface area (Å²) in [5, 5.41) is 10.8. The Bertz CT molecular complexity index is 1160. The molecule has 142 valence electrons. The summed E-state index contributed by atoms with van der Waals surface area (Å²) >= 11 is 0. The molecule has 0 spiro atoms. The molecule has 0 unspecified atom stereocenters. The summed E-state index contributed by atoms with van der Waals surface area (Å²) in [5.74, 6) is 1.48. The van der Waals surface area contributed by atoms with Gasteiger partial charge in [0, 0.05) is 6.20 Å². The molecule has 0 saturated carbocycles. The van der Waals surface area contributed by atoms with Gasteiger partial charge in [0.25, 0.3) is 5.91 Å². The minimum absolute atomic E-state index is 0.183. The van der Waals surface area contributed by atoms with E-state index in [1.54, 1.807) is 16.5 Å². The molecule has 0 fully saturated rings. The van der Waals surface area contributed by atoms with Gasteiger partial charge in [-0.15, -0.1) is 10.2 Å². The van der Waals surface area contributed by atoms with Crippen molar-refractivity contribution in [2.75, 3.05) is 5.32 Å². The molecule has 3 aromatic heterocycles. The van der Waals surface area contributed by atoms with Crippen molar-refractivity contribution in [1.29, 1.82) is 0 Å². The van der Waals surface area contributed by atoms with Crippen LogP contribution in [-0.2, 0) is 6.61 Å². The van der Waals surface area contributed by atoms with Gasteiger partial charge in [-0.3, -0.25) is 14.5 Å². The minimum Gasteiger partial charge on any atom is -0.485 e. The van der Waals surface area contributed by atoms with Crippen molar-refractivity contribution in [2.24, 2.45) is 0 Å². The number of aromatic nitrogens is 3. The number of carbonyl (C=O) groups excluding carboxylic acids is 1. The van der Waals surface area contributed by atoms with E-state index < -0.39 is 5.91 Å². The van der Waals surface area contributed by atoms with Crippen LogP contribution in [0.2, 0.25) is 0 Å². The number of aryl methyl sites for hydroxylation is 3. The van der Waals surface area contributed by atoms with Gasteiger partial charge in [0.05, 0.1) is 0 Å². The lowest BCUT2D eigenvalue weighted by Crippen LogP contribution is -2.13. The van der Waals surface area contributed by atoms with Gasteiger partial charge < -0.3 is 9.15 Å². The smallest absolute Gasteiger partial charge is 0.293 e. The molecule has 1 aromatic carbocycles. The van der Waals surface area contributed by atoms with Crippen LogP contribution < -0.4 is 10.1 Å². The minimum atomic E-state index is -0.396. The SMILES string of the molecule is Cc1ccc(OCc2ccc(C(=O)Nc3nnc4cc(C)ccn34)o2)c(C)c1. The number of hydrogen-bond acceptors (Lipinski definition) is 5. The first kappa shape index (κ1) is 17.8. The molecule has 3 heterocycles. The number of pyridine rings is 1. The summed E-state index contributed by atoms with van der Waals surface area (Å²) in [6, 6.07) is 13.1. The van der Waals surface area contributed by atoms with Crippen LogP contribution in [0.1, 0.15) is 33.0 Å². The number of nitrogens with one attached hydrogen (secondary N) is 1. The number of hydrogen-bond donors (Lipinski definition) is 1. The van der Waals surface area contributed by atoms with Gasteiger partial charge >= 0.3 is 0 Å². The Hall–Kier alpha value is -3.61. The molecule has 0 aliphatic rings. The van der Waals surface area contributed by atoms with E-state index in [0.717, 1.165) is 16.9 Å². The number of ether oxygens (including phenoxy) is 1. The van der Waals surface area contributed by atoms with E-state index in [-0.39, 0.29) is 12.4 Å². The fraction of sp³-hybridized carbons (Fsp3) is 0.190. The first-order valence-electron chi connectivity index (χ1n) is 8.91. The summed E-state index contributed by atoms with van der Waals surface area (Å²) in [7, 11) is 0. The van der Waals surface area contributed by atoms with Crippen LogP contribution in [0.25, 0.3) is 5.65 Å². The molecule has 1 amide bonds. The molecule has 7 heteroatoms. The van der Waals surface area contributed by atoms with Gasteiger partial charge in [0.2, 0.25) is 5.95 Å². The summed E-state index contributed by atoms with van der Waals surface area (Å²) < 4.78 is 13.1. The average Bonchev–Trinajstić information content (AvgIpc) is 3.28. The molecule has 0 atom stereocenters. The van der Waals surface area contributed by atoms with E-state index in [9.17, 15) is 4.79 Å². The zero-order valence-electron chi connectivity index (χ0n) is 15.9. The Kier molecular flexibility index (Phi) is 4.57. The van der Waals surface area contributed by atoms with Crippen molar-refractivity contribution in [3.8, 4) is 5.75 Å². The Balaban J connectivity index is 1.43. The second-order valence-electron chi connectivity index (χ2n) is 6.73. The molecule has 0 radical (unpaired) electrons. The molecule has 4 rings (SSSR count). The highest BCUT2D eigenvalue weighted by Crippen LogP contribution is 2.21. The second kappa shape index (κ2) is 7.19. The van der Waals surface area contributed by atoms with Crippen LogP contribution in [0, 0.1) is 20.8 Å². The molecule has 28 heavy (non-hydrogen) atoms. The molecular formula is C21H20N4O3. The van der Waals surface area contributed by atoms with Crippen molar-refractivity contribution in [1.82, 2.24) is 14.6 Å². The molecule has 0 bridgehead atoms. The maximum Gasteiger partial charge on any atom is 0.293 e. The fourth-order valence-electron chi connectivity index (χ4n) is 2.93. The van der Waals surface area contributed by atoms with E-state index in [1.807, 2.05) is 51.2 Å². The highest BCUT2D eigenvalue weighted by atomic mass is 16.5. The van der Waals surface area contributed by atoms with Crippen molar-refractivity contribution in [3.05, 3.63) is 76.9 Å². The topological polar surface area (TPSA) is 81.7 Å². The van der Waals surface area contributed by atoms with Crippen molar-refractivity contribution in [2.45, 2.75) is 27.4 Å². The maximum atomic E-state index is 12.5. The Morgan fingerprint density at radius 1 is 1.07 bits per heavy atom. The van der Waals surface area contributed by atoms with Crippen molar-refractivity contribution >= 4 is 17.5 Å². The second-order valence-corrected chi connectivity index (χ2v) is 6.73. The van der Waals surface area contributed by atoms with Crippen molar-refractivity contribution in [3.63, 3.8) is 0 Å². The van der Waals surface area contributed by atoms with Gasteiger partial charge in [0.1, 0.15) is 18.1 Å². The number of furan rings is 1. The molecular weight excluding hydrogens is 356 g/mol. The van der Waals surface area contributed by atoms with E-state index in [0.29, 0.717) is 17.4 Å². The summed E-state index contributed by atoms with van der Waals surface area (Å²) in [5.41, 5.74) is 3.96. The standard InChI is InChI=1S/C21H20N4O3/c1-13-4-6-17(15(3)10-13)27-12-16-5-7-18(28-16)20(26)22-21-24-23-19-11-14(2)8-9-25(19)21/h4-11H,12H2,1-3H3,(H,22,24,26). The Labute approximate surface area is 162 Å². The lowest BCUT2D eigenvalue weighted by Gasteiger charge is -2.08.